The molecule has 1 amide bonds. The molecule has 4 N–H and O–H groups in total. The summed E-state index contributed by atoms with van der Waals surface area (Å²) in [6.45, 7) is 4.01. The molecule has 1 unspecified atom stereocenters. The molecule has 0 spiro atoms. The Morgan fingerprint density at radius 2 is 2.17 bits per heavy atom. The topological polar surface area (TPSA) is 84.6 Å². The molecule has 0 bridgehead atoms. The Hall–Kier alpha value is -1.75. The third kappa shape index (κ3) is 3.63. The van der Waals surface area contributed by atoms with Gasteiger partial charge in [0.1, 0.15) is 5.75 Å². The molecule has 5 heteroatoms. The van der Waals surface area contributed by atoms with Gasteiger partial charge in [-0.3, -0.25) is 4.79 Å². The molecule has 1 aromatic carbocycles. The van der Waals surface area contributed by atoms with Gasteiger partial charge in [-0.1, -0.05) is 13.8 Å². The fourth-order valence-electron chi connectivity index (χ4n) is 1.41. The van der Waals surface area contributed by atoms with Crippen molar-refractivity contribution in [1.29, 1.82) is 0 Å². The molecule has 5 nitrogen and oxygen atoms in total. The minimum Gasteiger partial charge on any atom is -0.495 e. The highest BCUT2D eigenvalue weighted by molar-refractivity contribution is 5.95. The van der Waals surface area contributed by atoms with Crippen molar-refractivity contribution in [3.63, 3.8) is 0 Å². The number of carbonyl (C=O) groups is 1. The van der Waals surface area contributed by atoms with Crippen molar-refractivity contribution in [3.05, 3.63) is 23.8 Å². The molecule has 1 atom stereocenters. The van der Waals surface area contributed by atoms with Gasteiger partial charge in [-0.15, -0.1) is 0 Å². The van der Waals surface area contributed by atoms with Crippen LogP contribution in [0.3, 0.4) is 0 Å². The third-order valence-electron chi connectivity index (χ3n) is 2.73. The summed E-state index contributed by atoms with van der Waals surface area (Å²) in [5.41, 5.74) is 6.58. The van der Waals surface area contributed by atoms with Crippen LogP contribution in [-0.4, -0.2) is 30.8 Å². The second-order valence-corrected chi connectivity index (χ2v) is 4.48. The Morgan fingerprint density at radius 3 is 2.67 bits per heavy atom. The Morgan fingerprint density at radius 1 is 1.50 bits per heavy atom. The Labute approximate surface area is 107 Å². The van der Waals surface area contributed by atoms with Crippen molar-refractivity contribution in [2.24, 2.45) is 5.92 Å². The van der Waals surface area contributed by atoms with E-state index in [1.807, 2.05) is 13.8 Å². The van der Waals surface area contributed by atoms with Crippen LogP contribution >= 0.6 is 0 Å². The van der Waals surface area contributed by atoms with E-state index in [1.165, 1.54) is 7.11 Å². The summed E-state index contributed by atoms with van der Waals surface area (Å²) in [7, 11) is 1.52. The molecule has 0 aliphatic carbocycles. The van der Waals surface area contributed by atoms with Crippen LogP contribution in [-0.2, 0) is 0 Å². The van der Waals surface area contributed by atoms with Gasteiger partial charge < -0.3 is 20.9 Å². The standard InChI is InChI=1S/C13H20N2O3/c1-8(2)11(16)7-15-13(17)9-4-5-12(18-3)10(14)6-9/h4-6,8,11,16H,7,14H2,1-3H3,(H,15,17). The molecule has 0 aliphatic heterocycles. The van der Waals surface area contributed by atoms with Gasteiger partial charge in [0, 0.05) is 12.1 Å². The first-order valence-corrected chi connectivity index (χ1v) is 5.85. The van der Waals surface area contributed by atoms with Crippen molar-refractivity contribution in [2.75, 3.05) is 19.4 Å². The largest absolute Gasteiger partial charge is 0.495 e. The number of nitrogen functional groups attached to an aromatic ring is 1. The number of aliphatic hydroxyl groups excluding tert-OH is 1. The maximum atomic E-state index is 11.8. The van der Waals surface area contributed by atoms with Gasteiger partial charge >= 0.3 is 0 Å². The van der Waals surface area contributed by atoms with Crippen molar-refractivity contribution >= 4 is 11.6 Å². The lowest BCUT2D eigenvalue weighted by Crippen LogP contribution is -2.34. The van der Waals surface area contributed by atoms with Gasteiger partial charge in [-0.25, -0.2) is 0 Å². The molecule has 18 heavy (non-hydrogen) atoms. The average Bonchev–Trinajstić information content (AvgIpc) is 2.35. The number of amides is 1. The molecule has 100 valence electrons. The maximum absolute atomic E-state index is 11.8. The number of anilines is 1. The fourth-order valence-corrected chi connectivity index (χ4v) is 1.41. The van der Waals surface area contributed by atoms with Gasteiger partial charge in [0.05, 0.1) is 18.9 Å². The van der Waals surface area contributed by atoms with Crippen LogP contribution in [0.2, 0.25) is 0 Å². The Kier molecular flexibility index (Phi) is 4.97. The molecule has 0 radical (unpaired) electrons. The molecular weight excluding hydrogens is 232 g/mol. The molecule has 0 heterocycles. The van der Waals surface area contributed by atoms with Crippen LogP contribution < -0.4 is 15.8 Å². The highest BCUT2D eigenvalue weighted by Crippen LogP contribution is 2.21. The summed E-state index contributed by atoms with van der Waals surface area (Å²) in [5, 5.41) is 12.3. The second kappa shape index (κ2) is 6.26. The van der Waals surface area contributed by atoms with Crippen LogP contribution in [0, 0.1) is 5.92 Å². The van der Waals surface area contributed by atoms with Gasteiger partial charge in [0.15, 0.2) is 0 Å². The predicted octanol–water partition coefficient (Wildman–Crippen LogP) is 1.02. The van der Waals surface area contributed by atoms with E-state index in [9.17, 15) is 9.90 Å². The van der Waals surface area contributed by atoms with E-state index in [2.05, 4.69) is 5.32 Å². The van der Waals surface area contributed by atoms with E-state index in [4.69, 9.17) is 10.5 Å². The Bertz CT molecular complexity index is 419. The summed E-state index contributed by atoms with van der Waals surface area (Å²) >= 11 is 0. The van der Waals surface area contributed by atoms with Crippen LogP contribution in [0.1, 0.15) is 24.2 Å². The van der Waals surface area contributed by atoms with E-state index in [0.717, 1.165) is 0 Å². The normalized spacial score (nSPS) is 12.3. The van der Waals surface area contributed by atoms with E-state index in [0.29, 0.717) is 17.0 Å². The summed E-state index contributed by atoms with van der Waals surface area (Å²) in [4.78, 5) is 11.8. The average molecular weight is 252 g/mol. The zero-order valence-electron chi connectivity index (χ0n) is 10.9. The molecule has 1 rings (SSSR count). The number of benzene rings is 1. The molecular formula is C13H20N2O3. The van der Waals surface area contributed by atoms with Crippen LogP contribution in [0.15, 0.2) is 18.2 Å². The summed E-state index contributed by atoms with van der Waals surface area (Å²) < 4.78 is 5.01. The minimum atomic E-state index is -0.551. The molecule has 0 aliphatic rings. The zero-order chi connectivity index (χ0) is 13.7. The van der Waals surface area contributed by atoms with E-state index < -0.39 is 6.10 Å². The first-order valence-electron chi connectivity index (χ1n) is 5.85. The number of carbonyl (C=O) groups excluding carboxylic acids is 1. The molecule has 0 saturated heterocycles. The number of nitrogens with one attached hydrogen (secondary N) is 1. The highest BCUT2D eigenvalue weighted by Gasteiger charge is 2.12. The lowest BCUT2D eigenvalue weighted by Gasteiger charge is -2.15. The lowest BCUT2D eigenvalue weighted by molar-refractivity contribution is 0.0871. The second-order valence-electron chi connectivity index (χ2n) is 4.48. The first-order chi connectivity index (χ1) is 8.45. The number of ether oxygens (including phenoxy) is 1. The number of hydrogen-bond donors (Lipinski definition) is 3. The van der Waals surface area contributed by atoms with Crippen molar-refractivity contribution in [3.8, 4) is 5.75 Å². The van der Waals surface area contributed by atoms with Crippen LogP contribution in [0.4, 0.5) is 5.69 Å². The third-order valence-corrected chi connectivity index (χ3v) is 2.73. The summed E-state index contributed by atoms with van der Waals surface area (Å²) in [6, 6.07) is 4.82. The monoisotopic (exact) mass is 252 g/mol. The molecule has 0 aromatic heterocycles. The van der Waals surface area contributed by atoms with Gasteiger partial charge in [-0.05, 0) is 24.1 Å². The van der Waals surface area contributed by atoms with Crippen LogP contribution in [0.5, 0.6) is 5.75 Å². The van der Waals surface area contributed by atoms with E-state index >= 15 is 0 Å². The number of aliphatic hydroxyl groups is 1. The van der Waals surface area contributed by atoms with Gasteiger partial charge in [-0.2, -0.15) is 0 Å². The number of hydrogen-bond acceptors (Lipinski definition) is 4. The zero-order valence-corrected chi connectivity index (χ0v) is 10.9. The highest BCUT2D eigenvalue weighted by atomic mass is 16.5. The van der Waals surface area contributed by atoms with Gasteiger partial charge in [0.25, 0.3) is 5.91 Å². The van der Waals surface area contributed by atoms with Crippen molar-refractivity contribution in [1.82, 2.24) is 5.32 Å². The summed E-state index contributed by atoms with van der Waals surface area (Å²) in [5.74, 6) is 0.379. The number of rotatable bonds is 5. The predicted molar refractivity (Wildman–Crippen MR) is 70.6 cm³/mol. The summed E-state index contributed by atoms with van der Waals surface area (Å²) in [6.07, 6.45) is -0.551. The van der Waals surface area contributed by atoms with E-state index in [-0.39, 0.29) is 18.4 Å². The Balaban J connectivity index is 2.65. The molecule has 1 aromatic rings. The van der Waals surface area contributed by atoms with Gasteiger partial charge in [0.2, 0.25) is 0 Å². The maximum Gasteiger partial charge on any atom is 0.251 e. The minimum absolute atomic E-state index is 0.103. The van der Waals surface area contributed by atoms with E-state index in [1.54, 1.807) is 18.2 Å². The fraction of sp³-hybridized carbons (Fsp3) is 0.462. The van der Waals surface area contributed by atoms with Crippen molar-refractivity contribution in [2.45, 2.75) is 20.0 Å². The lowest BCUT2D eigenvalue weighted by atomic mass is 10.1. The molecule has 0 fully saturated rings. The quantitative estimate of drug-likeness (QED) is 0.683. The SMILES string of the molecule is COc1ccc(C(=O)NCC(O)C(C)C)cc1N. The smallest absolute Gasteiger partial charge is 0.251 e. The molecule has 0 saturated carbocycles. The number of nitrogens with two attached hydrogens (primary N) is 1. The van der Waals surface area contributed by atoms with Crippen LogP contribution in [0.25, 0.3) is 0 Å². The number of methoxy groups -OCH3 is 1. The first kappa shape index (κ1) is 14.3. The van der Waals surface area contributed by atoms with Crippen molar-refractivity contribution < 1.29 is 14.6 Å².